The van der Waals surface area contributed by atoms with E-state index in [1.807, 2.05) is 43.3 Å². The molecule has 0 spiro atoms. The summed E-state index contributed by atoms with van der Waals surface area (Å²) in [6, 6.07) is 7.64. The molecule has 0 aliphatic carbocycles. The Morgan fingerprint density at radius 2 is 2.17 bits per heavy atom. The highest BCUT2D eigenvalue weighted by atomic mass is 16.5. The molecule has 124 valence electrons. The highest BCUT2D eigenvalue weighted by Gasteiger charge is 2.26. The van der Waals surface area contributed by atoms with Crippen LogP contribution in [0.1, 0.15) is 6.42 Å². The Balaban J connectivity index is 1.48. The van der Waals surface area contributed by atoms with E-state index in [9.17, 15) is 0 Å². The predicted octanol–water partition coefficient (Wildman–Crippen LogP) is 0.638. The molecule has 3 aromatic heterocycles. The minimum absolute atomic E-state index is 0.0965. The van der Waals surface area contributed by atoms with Crippen LogP contribution in [0.25, 0.3) is 5.65 Å². The highest BCUT2D eigenvalue weighted by Crippen LogP contribution is 2.27. The van der Waals surface area contributed by atoms with Gasteiger partial charge in [0.2, 0.25) is 0 Å². The first kappa shape index (κ1) is 14.6. The molecule has 1 fully saturated rings. The molecule has 0 N–H and O–H groups in total. The Hall–Kier alpha value is -2.97. The van der Waals surface area contributed by atoms with Crippen LogP contribution in [0, 0.1) is 0 Å². The standard InChI is InChI=1S/C15H18N8O/c1-21(2)15-12(4-3-8-16-15)24-11-7-9-22(10-11)14-6-5-13-17-19-20-23(13)18-14/h3-6,8,11H,7,9-10H2,1-2H3. The van der Waals surface area contributed by atoms with Crippen molar-refractivity contribution in [2.24, 2.45) is 0 Å². The van der Waals surface area contributed by atoms with Crippen LogP contribution in [0.3, 0.4) is 0 Å². The molecule has 0 saturated carbocycles. The van der Waals surface area contributed by atoms with E-state index in [0.717, 1.165) is 36.9 Å². The molecule has 0 amide bonds. The van der Waals surface area contributed by atoms with Crippen molar-refractivity contribution in [3.8, 4) is 5.75 Å². The number of hydrogen-bond donors (Lipinski definition) is 0. The van der Waals surface area contributed by atoms with Crippen molar-refractivity contribution in [3.05, 3.63) is 30.5 Å². The van der Waals surface area contributed by atoms with E-state index in [2.05, 4.69) is 30.5 Å². The molecule has 1 unspecified atom stereocenters. The monoisotopic (exact) mass is 326 g/mol. The van der Waals surface area contributed by atoms with Crippen molar-refractivity contribution >= 4 is 17.3 Å². The maximum absolute atomic E-state index is 6.17. The highest BCUT2D eigenvalue weighted by molar-refractivity contribution is 5.51. The van der Waals surface area contributed by atoms with Gasteiger partial charge in [-0.15, -0.1) is 14.8 Å². The second-order valence-electron chi connectivity index (χ2n) is 5.91. The lowest BCUT2D eigenvalue weighted by Crippen LogP contribution is -2.26. The van der Waals surface area contributed by atoms with Gasteiger partial charge in [0.15, 0.2) is 23.0 Å². The normalized spacial score (nSPS) is 17.4. The molecule has 0 aromatic carbocycles. The minimum atomic E-state index is 0.0965. The van der Waals surface area contributed by atoms with E-state index < -0.39 is 0 Å². The number of fused-ring (bicyclic) bond motifs is 1. The summed E-state index contributed by atoms with van der Waals surface area (Å²) in [7, 11) is 3.92. The zero-order valence-corrected chi connectivity index (χ0v) is 13.6. The molecule has 1 aliphatic rings. The average Bonchev–Trinajstić information content (AvgIpc) is 3.23. The smallest absolute Gasteiger partial charge is 0.200 e. The molecule has 4 rings (SSSR count). The Kier molecular flexibility index (Phi) is 3.60. The van der Waals surface area contributed by atoms with Crippen molar-refractivity contribution in [1.82, 2.24) is 30.2 Å². The van der Waals surface area contributed by atoms with Crippen LogP contribution in [0.5, 0.6) is 5.75 Å². The number of tetrazole rings is 1. The molecule has 4 heterocycles. The van der Waals surface area contributed by atoms with E-state index in [4.69, 9.17) is 4.74 Å². The molecule has 9 nitrogen and oxygen atoms in total. The lowest BCUT2D eigenvalue weighted by molar-refractivity contribution is 0.225. The molecule has 1 atom stereocenters. The largest absolute Gasteiger partial charge is 0.485 e. The van der Waals surface area contributed by atoms with Crippen molar-refractivity contribution in [1.29, 1.82) is 0 Å². The predicted molar refractivity (Wildman–Crippen MR) is 88.4 cm³/mol. The lowest BCUT2D eigenvalue weighted by atomic mass is 10.3. The van der Waals surface area contributed by atoms with Gasteiger partial charge in [-0.3, -0.25) is 0 Å². The van der Waals surface area contributed by atoms with Crippen molar-refractivity contribution < 1.29 is 4.74 Å². The van der Waals surface area contributed by atoms with Gasteiger partial charge in [-0.1, -0.05) is 0 Å². The number of anilines is 2. The first-order chi connectivity index (χ1) is 11.7. The first-order valence-electron chi connectivity index (χ1n) is 7.80. The van der Waals surface area contributed by atoms with E-state index in [-0.39, 0.29) is 6.10 Å². The zero-order chi connectivity index (χ0) is 16.5. The van der Waals surface area contributed by atoms with Crippen LogP contribution in [-0.4, -0.2) is 63.5 Å². The van der Waals surface area contributed by atoms with Crippen molar-refractivity contribution in [2.45, 2.75) is 12.5 Å². The molecule has 24 heavy (non-hydrogen) atoms. The summed E-state index contributed by atoms with van der Waals surface area (Å²) in [6.45, 7) is 1.64. The molecule has 1 saturated heterocycles. The first-order valence-corrected chi connectivity index (χ1v) is 7.80. The number of hydrogen-bond acceptors (Lipinski definition) is 8. The van der Waals surface area contributed by atoms with E-state index in [0.29, 0.717) is 5.65 Å². The van der Waals surface area contributed by atoms with Crippen LogP contribution < -0.4 is 14.5 Å². The fourth-order valence-corrected chi connectivity index (χ4v) is 2.83. The maximum Gasteiger partial charge on any atom is 0.200 e. The van der Waals surface area contributed by atoms with Crippen molar-refractivity contribution in [2.75, 3.05) is 37.0 Å². The van der Waals surface area contributed by atoms with Crippen LogP contribution in [0.15, 0.2) is 30.5 Å². The number of rotatable bonds is 4. The van der Waals surface area contributed by atoms with Crippen molar-refractivity contribution in [3.63, 3.8) is 0 Å². The minimum Gasteiger partial charge on any atom is -0.485 e. The molecular weight excluding hydrogens is 308 g/mol. The Morgan fingerprint density at radius 3 is 3.04 bits per heavy atom. The Morgan fingerprint density at radius 1 is 1.25 bits per heavy atom. The molecule has 0 radical (unpaired) electrons. The zero-order valence-electron chi connectivity index (χ0n) is 13.6. The number of ether oxygens (including phenoxy) is 1. The van der Waals surface area contributed by atoms with Gasteiger partial charge < -0.3 is 14.5 Å². The van der Waals surface area contributed by atoms with Gasteiger partial charge in [-0.05, 0) is 34.7 Å². The summed E-state index contributed by atoms with van der Waals surface area (Å²) in [5, 5.41) is 15.8. The maximum atomic E-state index is 6.17. The molecule has 1 aliphatic heterocycles. The van der Waals surface area contributed by atoms with Crippen LogP contribution >= 0.6 is 0 Å². The molecule has 0 bridgehead atoms. The summed E-state index contributed by atoms with van der Waals surface area (Å²) in [5.74, 6) is 2.49. The molecule has 9 heteroatoms. The number of nitrogens with zero attached hydrogens (tertiary/aromatic N) is 8. The third kappa shape index (κ3) is 2.68. The van der Waals surface area contributed by atoms with Crippen LogP contribution in [-0.2, 0) is 0 Å². The Bertz CT molecular complexity index is 848. The average molecular weight is 326 g/mol. The second-order valence-corrected chi connectivity index (χ2v) is 5.91. The van der Waals surface area contributed by atoms with E-state index in [1.54, 1.807) is 6.20 Å². The number of pyridine rings is 1. The summed E-state index contributed by atoms with van der Waals surface area (Å²) in [6.07, 6.45) is 2.80. The third-order valence-electron chi connectivity index (χ3n) is 3.99. The topological polar surface area (TPSA) is 84.6 Å². The lowest BCUT2D eigenvalue weighted by Gasteiger charge is -2.20. The van der Waals surface area contributed by atoms with Gasteiger partial charge in [0.05, 0.1) is 6.54 Å². The fraction of sp³-hybridized carbons (Fsp3) is 0.400. The summed E-state index contributed by atoms with van der Waals surface area (Å²) < 4.78 is 7.61. The Labute approximate surface area is 138 Å². The van der Waals surface area contributed by atoms with E-state index in [1.165, 1.54) is 4.63 Å². The quantitative estimate of drug-likeness (QED) is 0.690. The van der Waals surface area contributed by atoms with Crippen LogP contribution in [0.2, 0.25) is 0 Å². The van der Waals surface area contributed by atoms with Gasteiger partial charge in [0, 0.05) is 33.3 Å². The second kappa shape index (κ2) is 5.91. The summed E-state index contributed by atoms with van der Waals surface area (Å²) in [4.78, 5) is 8.51. The van der Waals surface area contributed by atoms with Gasteiger partial charge in [-0.2, -0.15) is 0 Å². The summed E-state index contributed by atoms with van der Waals surface area (Å²) in [5.41, 5.74) is 0.636. The molecular formula is C15H18N8O. The van der Waals surface area contributed by atoms with Gasteiger partial charge in [0.1, 0.15) is 6.10 Å². The van der Waals surface area contributed by atoms with Gasteiger partial charge >= 0.3 is 0 Å². The third-order valence-corrected chi connectivity index (χ3v) is 3.99. The summed E-state index contributed by atoms with van der Waals surface area (Å²) >= 11 is 0. The molecule has 3 aromatic rings. The van der Waals surface area contributed by atoms with E-state index >= 15 is 0 Å². The SMILES string of the molecule is CN(C)c1ncccc1OC1CCN(c2ccc3nnnn3n2)C1. The number of aromatic nitrogens is 6. The van der Waals surface area contributed by atoms with Crippen LogP contribution in [0.4, 0.5) is 11.6 Å². The van der Waals surface area contributed by atoms with Gasteiger partial charge in [-0.25, -0.2) is 4.98 Å². The fourth-order valence-electron chi connectivity index (χ4n) is 2.83. The van der Waals surface area contributed by atoms with Gasteiger partial charge in [0.25, 0.3) is 0 Å².